The highest BCUT2D eigenvalue weighted by molar-refractivity contribution is 6.33. The molecule has 0 spiro atoms. The average Bonchev–Trinajstić information content (AvgIpc) is 2.61. The Morgan fingerprint density at radius 3 is 2.14 bits per heavy atom. The number of carbonyl (C=O) groups excluding carboxylic acids is 1. The first-order valence-corrected chi connectivity index (χ1v) is 8.28. The smallest absolute Gasteiger partial charge is 0.321 e. The molecule has 1 amide bonds. The molecule has 8 heteroatoms. The number of benzene rings is 3. The van der Waals surface area contributed by atoms with Gasteiger partial charge in [-0.2, -0.15) is 13.2 Å². The molecule has 3 aromatic carbocycles. The van der Waals surface area contributed by atoms with Crippen molar-refractivity contribution in [2.75, 3.05) is 5.32 Å². The average molecular weight is 412 g/mol. The minimum Gasteiger partial charge on any atom is -0.321 e. The molecule has 28 heavy (non-hydrogen) atoms. The van der Waals surface area contributed by atoms with E-state index in [0.29, 0.717) is 5.56 Å². The molecule has 0 heterocycles. The Morgan fingerprint density at radius 1 is 0.893 bits per heavy atom. The molecule has 0 aliphatic rings. The van der Waals surface area contributed by atoms with Crippen LogP contribution in [0.3, 0.4) is 0 Å². The molecule has 0 fully saturated rings. The minimum atomic E-state index is -4.83. The number of carbonyl (C=O) groups is 1. The monoisotopic (exact) mass is 411 g/mol. The van der Waals surface area contributed by atoms with E-state index in [1.807, 2.05) is 5.32 Å². The maximum atomic E-state index is 13.7. The molecule has 3 aromatic rings. The summed E-state index contributed by atoms with van der Waals surface area (Å²) in [5, 5.41) is 2.19. The topological polar surface area (TPSA) is 29.1 Å². The van der Waals surface area contributed by atoms with Crippen LogP contribution < -0.4 is 5.32 Å². The Balaban J connectivity index is 2.04. The molecule has 3 rings (SSSR count). The van der Waals surface area contributed by atoms with Crippen LogP contribution in [0.25, 0.3) is 11.1 Å². The van der Waals surface area contributed by atoms with Crippen molar-refractivity contribution in [1.82, 2.24) is 0 Å². The molecule has 1 N–H and O–H groups in total. The summed E-state index contributed by atoms with van der Waals surface area (Å²) >= 11 is 6.03. The second-order valence-corrected chi connectivity index (χ2v) is 6.20. The predicted molar refractivity (Wildman–Crippen MR) is 96.2 cm³/mol. The van der Waals surface area contributed by atoms with Crippen LogP contribution in [0.1, 0.15) is 15.9 Å². The first kappa shape index (κ1) is 19.8. The fourth-order valence-electron chi connectivity index (χ4n) is 2.65. The quantitative estimate of drug-likeness (QED) is 0.486. The van der Waals surface area contributed by atoms with Gasteiger partial charge in [-0.1, -0.05) is 41.9 Å². The zero-order chi connectivity index (χ0) is 20.5. The van der Waals surface area contributed by atoms with E-state index in [9.17, 15) is 26.7 Å². The van der Waals surface area contributed by atoms with Gasteiger partial charge in [0.25, 0.3) is 5.91 Å². The predicted octanol–water partition coefficient (Wildman–Crippen LogP) is 6.56. The summed E-state index contributed by atoms with van der Waals surface area (Å²) in [5.74, 6) is -3.69. The van der Waals surface area contributed by atoms with E-state index in [0.717, 1.165) is 30.3 Å². The molecule has 0 aliphatic carbocycles. The van der Waals surface area contributed by atoms with Crippen molar-refractivity contribution in [3.63, 3.8) is 0 Å². The highest BCUT2D eigenvalue weighted by atomic mass is 35.5. The molecular weight excluding hydrogens is 401 g/mol. The van der Waals surface area contributed by atoms with Crippen molar-refractivity contribution < 1.29 is 26.7 Å². The lowest BCUT2D eigenvalue weighted by atomic mass is 10.0. The second-order valence-electron chi connectivity index (χ2n) is 5.79. The summed E-state index contributed by atoms with van der Waals surface area (Å²) in [5.41, 5.74) is -2.22. The van der Waals surface area contributed by atoms with Crippen LogP contribution in [-0.4, -0.2) is 5.91 Å². The Hall–Kier alpha value is -2.93. The van der Waals surface area contributed by atoms with Crippen molar-refractivity contribution in [3.05, 3.63) is 88.4 Å². The number of hydrogen-bond acceptors (Lipinski definition) is 1. The molecule has 0 aliphatic heterocycles. The molecule has 0 unspecified atom stereocenters. The van der Waals surface area contributed by atoms with E-state index >= 15 is 0 Å². The summed E-state index contributed by atoms with van der Waals surface area (Å²) < 4.78 is 68.0. The maximum absolute atomic E-state index is 13.7. The van der Waals surface area contributed by atoms with Gasteiger partial charge >= 0.3 is 6.18 Å². The van der Waals surface area contributed by atoms with Gasteiger partial charge in [0.05, 0.1) is 11.3 Å². The highest BCUT2D eigenvalue weighted by Crippen LogP contribution is 2.39. The van der Waals surface area contributed by atoms with Crippen molar-refractivity contribution in [2.45, 2.75) is 6.18 Å². The van der Waals surface area contributed by atoms with E-state index in [1.165, 1.54) is 12.1 Å². The lowest BCUT2D eigenvalue weighted by Crippen LogP contribution is -2.19. The molecule has 0 radical (unpaired) electrons. The van der Waals surface area contributed by atoms with Gasteiger partial charge in [0.2, 0.25) is 0 Å². The zero-order valence-electron chi connectivity index (χ0n) is 13.9. The lowest BCUT2D eigenvalue weighted by molar-refractivity contribution is -0.136. The van der Waals surface area contributed by atoms with Crippen molar-refractivity contribution in [3.8, 4) is 11.1 Å². The summed E-state index contributed by atoms with van der Waals surface area (Å²) in [6.45, 7) is 0. The fraction of sp³-hybridized carbons (Fsp3) is 0.0500. The van der Waals surface area contributed by atoms with Crippen LogP contribution in [0.15, 0.2) is 60.7 Å². The van der Waals surface area contributed by atoms with Crippen LogP contribution >= 0.6 is 11.6 Å². The first-order valence-electron chi connectivity index (χ1n) is 7.90. The first-order chi connectivity index (χ1) is 13.2. The third-order valence-corrected chi connectivity index (χ3v) is 4.28. The largest absolute Gasteiger partial charge is 0.418 e. The van der Waals surface area contributed by atoms with E-state index in [2.05, 4.69) is 0 Å². The summed E-state index contributed by atoms with van der Waals surface area (Å²) in [4.78, 5) is 12.2. The van der Waals surface area contributed by atoms with Gasteiger partial charge in [-0.3, -0.25) is 4.79 Å². The number of halogens is 6. The Morgan fingerprint density at radius 2 is 1.54 bits per heavy atom. The van der Waals surface area contributed by atoms with E-state index < -0.39 is 40.5 Å². The molecule has 2 nitrogen and oxygen atoms in total. The third kappa shape index (κ3) is 3.99. The normalized spacial score (nSPS) is 11.4. The molecule has 0 bridgehead atoms. The van der Waals surface area contributed by atoms with Gasteiger partial charge in [-0.15, -0.1) is 0 Å². The molecule has 0 saturated heterocycles. The maximum Gasteiger partial charge on any atom is 0.418 e. The van der Waals surface area contributed by atoms with Gasteiger partial charge in [0.1, 0.15) is 17.2 Å². The number of nitrogens with one attached hydrogen (secondary N) is 1. The van der Waals surface area contributed by atoms with E-state index in [4.69, 9.17) is 11.6 Å². The Labute approximate surface area is 161 Å². The van der Waals surface area contributed by atoms with Crippen molar-refractivity contribution in [2.24, 2.45) is 0 Å². The summed E-state index contributed by atoms with van der Waals surface area (Å²) in [7, 11) is 0. The second kappa shape index (κ2) is 7.59. The van der Waals surface area contributed by atoms with Gasteiger partial charge < -0.3 is 5.32 Å². The Kier molecular flexibility index (Phi) is 5.38. The lowest BCUT2D eigenvalue weighted by Gasteiger charge is -2.16. The van der Waals surface area contributed by atoms with Gasteiger partial charge in [0, 0.05) is 10.6 Å². The van der Waals surface area contributed by atoms with E-state index in [-0.39, 0.29) is 10.6 Å². The fourth-order valence-corrected chi connectivity index (χ4v) is 2.90. The Bertz CT molecular complexity index is 1030. The number of anilines is 1. The summed E-state index contributed by atoms with van der Waals surface area (Å²) in [6, 6.07) is 12.2. The number of amides is 1. The van der Waals surface area contributed by atoms with Crippen LogP contribution in [0, 0.1) is 11.6 Å². The SMILES string of the molecule is O=C(Nc1ccc(-c2ccccc2Cl)cc1C(F)(F)F)c1c(F)cccc1F. The summed E-state index contributed by atoms with van der Waals surface area (Å²) in [6.07, 6.45) is -4.83. The van der Waals surface area contributed by atoms with Crippen LogP contribution in [0.2, 0.25) is 5.02 Å². The standard InChI is InChI=1S/C20H11ClF5NO/c21-14-5-2-1-4-12(14)11-8-9-17(13(10-11)20(24,25)26)27-19(28)18-15(22)6-3-7-16(18)23/h1-10H,(H,27,28). The minimum absolute atomic E-state index is 0.174. The van der Waals surface area contributed by atoms with Crippen LogP contribution in [-0.2, 0) is 6.18 Å². The van der Waals surface area contributed by atoms with Gasteiger partial charge in [0.15, 0.2) is 0 Å². The van der Waals surface area contributed by atoms with Crippen LogP contribution in [0.5, 0.6) is 0 Å². The highest BCUT2D eigenvalue weighted by Gasteiger charge is 2.35. The molecule has 0 saturated carbocycles. The zero-order valence-corrected chi connectivity index (χ0v) is 14.7. The van der Waals surface area contributed by atoms with Crippen LogP contribution in [0.4, 0.5) is 27.6 Å². The molecule has 0 aromatic heterocycles. The number of alkyl halides is 3. The number of hydrogen-bond donors (Lipinski definition) is 1. The van der Waals surface area contributed by atoms with Gasteiger partial charge in [-0.05, 0) is 35.9 Å². The van der Waals surface area contributed by atoms with Gasteiger partial charge in [-0.25, -0.2) is 8.78 Å². The van der Waals surface area contributed by atoms with Crippen molar-refractivity contribution >= 4 is 23.2 Å². The molecule has 0 atom stereocenters. The van der Waals surface area contributed by atoms with E-state index in [1.54, 1.807) is 18.2 Å². The third-order valence-electron chi connectivity index (χ3n) is 3.95. The molecular formula is C20H11ClF5NO. The number of rotatable bonds is 3. The molecule has 144 valence electrons. The van der Waals surface area contributed by atoms with Crippen molar-refractivity contribution in [1.29, 1.82) is 0 Å².